The Morgan fingerprint density at radius 1 is 1.47 bits per heavy atom. The van der Waals surface area contributed by atoms with E-state index in [2.05, 4.69) is 11.9 Å². The third kappa shape index (κ3) is 5.31. The van der Waals surface area contributed by atoms with Gasteiger partial charge in [-0.05, 0) is 26.0 Å². The van der Waals surface area contributed by atoms with E-state index in [-0.39, 0.29) is 5.91 Å². The summed E-state index contributed by atoms with van der Waals surface area (Å²) in [6, 6.07) is 7.51. The molecule has 0 saturated heterocycles. The van der Waals surface area contributed by atoms with Crippen LogP contribution in [0.25, 0.3) is 0 Å². The van der Waals surface area contributed by atoms with Gasteiger partial charge in [0.25, 0.3) is 5.91 Å². The van der Waals surface area contributed by atoms with Gasteiger partial charge < -0.3 is 10.1 Å². The number of hydrogen-bond acceptors (Lipinski definition) is 2. The topological polar surface area (TPSA) is 38.3 Å². The summed E-state index contributed by atoms with van der Waals surface area (Å²) in [6.45, 7) is 9.17. The summed E-state index contributed by atoms with van der Waals surface area (Å²) in [7, 11) is 0. The number of amides is 1. The molecule has 1 aromatic rings. The number of benzene rings is 1. The van der Waals surface area contributed by atoms with E-state index in [1.807, 2.05) is 32.0 Å². The quantitative estimate of drug-likeness (QED) is 0.605. The fourth-order valence-corrected chi connectivity index (χ4v) is 1.37. The zero-order valence-electron chi connectivity index (χ0n) is 10.5. The van der Waals surface area contributed by atoms with Crippen molar-refractivity contribution in [2.24, 2.45) is 0 Å². The molecule has 1 N–H and O–H groups in total. The van der Waals surface area contributed by atoms with Gasteiger partial charge in [-0.3, -0.25) is 4.79 Å². The van der Waals surface area contributed by atoms with Gasteiger partial charge in [-0.2, -0.15) is 0 Å². The Labute approximate surface area is 102 Å². The summed E-state index contributed by atoms with van der Waals surface area (Å²) < 4.78 is 5.29. The fraction of sp³-hybridized carbons (Fsp3) is 0.357. The summed E-state index contributed by atoms with van der Waals surface area (Å²) in [5.41, 5.74) is 2.75. The molecule has 0 spiro atoms. The highest BCUT2D eigenvalue weighted by Gasteiger charge is 2.03. The van der Waals surface area contributed by atoms with Gasteiger partial charge in [0.15, 0.2) is 0 Å². The van der Waals surface area contributed by atoms with Crippen LogP contribution in [0.5, 0.6) is 0 Å². The van der Waals surface area contributed by atoms with Crippen LogP contribution in [0.3, 0.4) is 0 Å². The first-order valence-corrected chi connectivity index (χ1v) is 5.66. The molecular weight excluding hydrogens is 214 g/mol. The van der Waals surface area contributed by atoms with Gasteiger partial charge in [0.1, 0.15) is 0 Å². The largest absolute Gasteiger partial charge is 0.375 e. The van der Waals surface area contributed by atoms with Crippen LogP contribution in [0.4, 0.5) is 0 Å². The average Bonchev–Trinajstić information content (AvgIpc) is 2.28. The van der Waals surface area contributed by atoms with Crippen LogP contribution in [0.1, 0.15) is 22.8 Å². The Morgan fingerprint density at radius 3 is 2.88 bits per heavy atom. The second kappa shape index (κ2) is 6.86. The SMILES string of the molecule is C=C(C)COCCNC(=O)c1cccc(C)c1. The number of aryl methyl sites for hydroxylation is 1. The van der Waals surface area contributed by atoms with Crippen LogP contribution in [0.15, 0.2) is 36.4 Å². The van der Waals surface area contributed by atoms with Crippen molar-refractivity contribution in [3.63, 3.8) is 0 Å². The lowest BCUT2D eigenvalue weighted by atomic mass is 10.1. The number of carbonyl (C=O) groups excluding carboxylic acids is 1. The number of carbonyl (C=O) groups is 1. The molecule has 1 aromatic carbocycles. The number of rotatable bonds is 6. The minimum absolute atomic E-state index is 0.0624. The normalized spacial score (nSPS) is 10.0. The Morgan fingerprint density at radius 2 is 2.24 bits per heavy atom. The van der Waals surface area contributed by atoms with Crippen molar-refractivity contribution in [2.45, 2.75) is 13.8 Å². The second-order valence-corrected chi connectivity index (χ2v) is 4.14. The zero-order valence-corrected chi connectivity index (χ0v) is 10.5. The first-order valence-electron chi connectivity index (χ1n) is 5.66. The van der Waals surface area contributed by atoms with E-state index in [0.29, 0.717) is 25.3 Å². The highest BCUT2D eigenvalue weighted by atomic mass is 16.5. The summed E-state index contributed by atoms with van der Waals surface area (Å²) in [5.74, 6) is -0.0624. The molecule has 0 aromatic heterocycles. The van der Waals surface area contributed by atoms with Gasteiger partial charge in [0.05, 0.1) is 13.2 Å². The van der Waals surface area contributed by atoms with Crippen LogP contribution in [0.2, 0.25) is 0 Å². The van der Waals surface area contributed by atoms with E-state index >= 15 is 0 Å². The molecule has 92 valence electrons. The molecule has 17 heavy (non-hydrogen) atoms. The lowest BCUT2D eigenvalue weighted by molar-refractivity contribution is 0.0926. The van der Waals surface area contributed by atoms with Gasteiger partial charge in [0, 0.05) is 12.1 Å². The van der Waals surface area contributed by atoms with E-state index in [4.69, 9.17) is 4.74 Å². The Balaban J connectivity index is 2.28. The predicted octanol–water partition coefficient (Wildman–Crippen LogP) is 2.32. The molecule has 0 radical (unpaired) electrons. The van der Waals surface area contributed by atoms with Gasteiger partial charge in [-0.1, -0.05) is 29.8 Å². The van der Waals surface area contributed by atoms with Crippen LogP contribution in [0, 0.1) is 6.92 Å². The lowest BCUT2D eigenvalue weighted by Gasteiger charge is -2.06. The van der Waals surface area contributed by atoms with Crippen LogP contribution in [-0.4, -0.2) is 25.7 Å². The smallest absolute Gasteiger partial charge is 0.251 e. The van der Waals surface area contributed by atoms with Crippen molar-refractivity contribution in [2.75, 3.05) is 19.8 Å². The van der Waals surface area contributed by atoms with Gasteiger partial charge in [-0.15, -0.1) is 0 Å². The monoisotopic (exact) mass is 233 g/mol. The number of hydrogen-bond donors (Lipinski definition) is 1. The van der Waals surface area contributed by atoms with Crippen molar-refractivity contribution in [1.29, 1.82) is 0 Å². The molecule has 3 nitrogen and oxygen atoms in total. The average molecular weight is 233 g/mol. The first-order chi connectivity index (χ1) is 8.09. The minimum atomic E-state index is -0.0624. The summed E-state index contributed by atoms with van der Waals surface area (Å²) >= 11 is 0. The molecule has 0 fully saturated rings. The third-order valence-electron chi connectivity index (χ3n) is 2.16. The van der Waals surface area contributed by atoms with Crippen molar-refractivity contribution in [3.05, 3.63) is 47.5 Å². The molecule has 1 amide bonds. The molecule has 0 heterocycles. The lowest BCUT2D eigenvalue weighted by Crippen LogP contribution is -2.27. The predicted molar refractivity (Wildman–Crippen MR) is 69.1 cm³/mol. The summed E-state index contributed by atoms with van der Waals surface area (Å²) in [5, 5.41) is 2.81. The number of ether oxygens (including phenoxy) is 1. The second-order valence-electron chi connectivity index (χ2n) is 4.14. The molecule has 0 aliphatic carbocycles. The van der Waals surface area contributed by atoms with Crippen LogP contribution >= 0.6 is 0 Å². The molecule has 3 heteroatoms. The maximum Gasteiger partial charge on any atom is 0.251 e. The standard InChI is InChI=1S/C14H19NO2/c1-11(2)10-17-8-7-15-14(16)13-6-4-5-12(3)9-13/h4-6,9H,1,7-8,10H2,2-3H3,(H,15,16). The fourth-order valence-electron chi connectivity index (χ4n) is 1.37. The van der Waals surface area contributed by atoms with Gasteiger partial charge in [-0.25, -0.2) is 0 Å². The molecule has 0 bridgehead atoms. The third-order valence-corrected chi connectivity index (χ3v) is 2.16. The van der Waals surface area contributed by atoms with E-state index < -0.39 is 0 Å². The Hall–Kier alpha value is -1.61. The molecule has 0 saturated carbocycles. The zero-order chi connectivity index (χ0) is 12.7. The Bertz CT molecular complexity index is 399. The number of nitrogens with one attached hydrogen (secondary N) is 1. The van der Waals surface area contributed by atoms with Crippen molar-refractivity contribution < 1.29 is 9.53 Å². The van der Waals surface area contributed by atoms with E-state index in [0.717, 1.165) is 11.1 Å². The minimum Gasteiger partial charge on any atom is -0.375 e. The van der Waals surface area contributed by atoms with Crippen molar-refractivity contribution >= 4 is 5.91 Å². The Kier molecular flexibility index (Phi) is 5.43. The van der Waals surface area contributed by atoms with E-state index in [1.165, 1.54) is 0 Å². The maximum absolute atomic E-state index is 11.7. The summed E-state index contributed by atoms with van der Waals surface area (Å²) in [4.78, 5) is 11.7. The van der Waals surface area contributed by atoms with Gasteiger partial charge >= 0.3 is 0 Å². The first kappa shape index (κ1) is 13.5. The van der Waals surface area contributed by atoms with Crippen molar-refractivity contribution in [3.8, 4) is 0 Å². The van der Waals surface area contributed by atoms with Gasteiger partial charge in [0.2, 0.25) is 0 Å². The molecule has 0 atom stereocenters. The summed E-state index contributed by atoms with van der Waals surface area (Å²) in [6.07, 6.45) is 0. The van der Waals surface area contributed by atoms with Crippen LogP contribution in [-0.2, 0) is 4.74 Å². The maximum atomic E-state index is 11.7. The highest BCUT2D eigenvalue weighted by Crippen LogP contribution is 2.03. The molecular formula is C14H19NO2. The molecule has 0 aliphatic rings. The van der Waals surface area contributed by atoms with E-state index in [9.17, 15) is 4.79 Å². The molecule has 0 aliphatic heterocycles. The molecule has 1 rings (SSSR count). The molecule has 0 unspecified atom stereocenters. The van der Waals surface area contributed by atoms with Crippen LogP contribution < -0.4 is 5.32 Å². The van der Waals surface area contributed by atoms with Crippen molar-refractivity contribution in [1.82, 2.24) is 5.32 Å². The highest BCUT2D eigenvalue weighted by molar-refractivity contribution is 5.94. The van der Waals surface area contributed by atoms with E-state index in [1.54, 1.807) is 6.07 Å².